The van der Waals surface area contributed by atoms with E-state index in [1.54, 1.807) is 24.2 Å². The van der Waals surface area contributed by atoms with Crippen LogP contribution in [-0.4, -0.2) is 4.98 Å². The maximum Gasteiger partial charge on any atom is 0.141 e. The molecule has 0 amide bonds. The van der Waals surface area contributed by atoms with Crippen LogP contribution in [-0.2, 0) is 0 Å². The minimum Gasteiger partial charge on any atom is -0.455 e. The van der Waals surface area contributed by atoms with Crippen LogP contribution in [0, 0.1) is 0 Å². The van der Waals surface area contributed by atoms with Gasteiger partial charge < -0.3 is 10.5 Å². The molecular weight excluding hydrogens is 292 g/mol. The van der Waals surface area contributed by atoms with Crippen LogP contribution in [0.25, 0.3) is 0 Å². The molecule has 0 radical (unpaired) electrons. The molecule has 2 heterocycles. The van der Waals surface area contributed by atoms with Crippen molar-refractivity contribution in [1.82, 2.24) is 4.98 Å². The number of para-hydroxylation sites is 1. The molecule has 108 valence electrons. The molecule has 3 nitrogen and oxygen atoms in total. The van der Waals surface area contributed by atoms with Gasteiger partial charge in [0.05, 0.1) is 15.8 Å². The summed E-state index contributed by atoms with van der Waals surface area (Å²) in [5, 5.41) is 0. The van der Waals surface area contributed by atoms with E-state index >= 15 is 0 Å². The molecule has 4 heteroatoms. The molecule has 0 bridgehead atoms. The van der Waals surface area contributed by atoms with Gasteiger partial charge in [-0.2, -0.15) is 0 Å². The molecule has 1 unspecified atom stereocenters. The van der Waals surface area contributed by atoms with Crippen LogP contribution in [0.1, 0.15) is 17.2 Å². The SMILES string of the molecule is NC(c1cccnc1)c1ccc2c(c1)Oc1ccccc1S2. The van der Waals surface area contributed by atoms with Gasteiger partial charge in [0.2, 0.25) is 0 Å². The Hall–Kier alpha value is -2.30. The fraction of sp³-hybridized carbons (Fsp3) is 0.0556. The molecule has 0 spiro atoms. The number of pyridine rings is 1. The standard InChI is InChI=1S/C18H14N2OS/c19-18(13-4-3-9-20-11-13)12-7-8-17-15(10-12)21-14-5-1-2-6-16(14)22-17/h1-11,18H,19H2. The fourth-order valence-electron chi connectivity index (χ4n) is 2.49. The molecule has 2 N–H and O–H groups in total. The Bertz CT molecular complexity index is 820. The van der Waals surface area contributed by atoms with E-state index in [2.05, 4.69) is 23.2 Å². The zero-order valence-corrected chi connectivity index (χ0v) is 12.6. The van der Waals surface area contributed by atoms with Crippen molar-refractivity contribution in [3.63, 3.8) is 0 Å². The molecule has 1 aromatic heterocycles. The monoisotopic (exact) mass is 306 g/mol. The first-order valence-corrected chi connectivity index (χ1v) is 7.87. The maximum atomic E-state index is 6.34. The zero-order valence-electron chi connectivity index (χ0n) is 11.8. The topological polar surface area (TPSA) is 48.1 Å². The predicted octanol–water partition coefficient (Wildman–Crippen LogP) is 4.39. The van der Waals surface area contributed by atoms with Crippen LogP contribution >= 0.6 is 11.8 Å². The number of nitrogens with two attached hydrogens (primary N) is 1. The first-order valence-electron chi connectivity index (χ1n) is 7.05. The summed E-state index contributed by atoms with van der Waals surface area (Å²) in [7, 11) is 0. The lowest BCUT2D eigenvalue weighted by Crippen LogP contribution is -2.12. The van der Waals surface area contributed by atoms with Gasteiger partial charge in [-0.25, -0.2) is 0 Å². The number of hydrogen-bond acceptors (Lipinski definition) is 4. The minimum absolute atomic E-state index is 0.204. The smallest absolute Gasteiger partial charge is 0.141 e. The minimum atomic E-state index is -0.204. The third-order valence-electron chi connectivity index (χ3n) is 3.66. The molecule has 0 aliphatic carbocycles. The van der Waals surface area contributed by atoms with Crippen LogP contribution in [0.15, 0.2) is 76.8 Å². The summed E-state index contributed by atoms with van der Waals surface area (Å²) >= 11 is 1.72. The fourth-order valence-corrected chi connectivity index (χ4v) is 3.42. The van der Waals surface area contributed by atoms with Gasteiger partial charge in [0.25, 0.3) is 0 Å². The van der Waals surface area contributed by atoms with E-state index in [0.29, 0.717) is 0 Å². The molecule has 22 heavy (non-hydrogen) atoms. The molecule has 1 aliphatic rings. The van der Waals surface area contributed by atoms with Crippen LogP contribution in [0.3, 0.4) is 0 Å². The van der Waals surface area contributed by atoms with Crippen LogP contribution in [0.2, 0.25) is 0 Å². The normalized spacial score (nSPS) is 13.7. The first-order chi connectivity index (χ1) is 10.8. The third-order valence-corrected chi connectivity index (χ3v) is 4.77. The van der Waals surface area contributed by atoms with Crippen LogP contribution < -0.4 is 10.5 Å². The van der Waals surface area contributed by atoms with Crippen molar-refractivity contribution >= 4 is 11.8 Å². The van der Waals surface area contributed by atoms with Crippen molar-refractivity contribution in [1.29, 1.82) is 0 Å². The second kappa shape index (κ2) is 5.48. The summed E-state index contributed by atoms with van der Waals surface area (Å²) < 4.78 is 6.01. The Morgan fingerprint density at radius 3 is 2.64 bits per heavy atom. The van der Waals surface area contributed by atoms with E-state index in [1.807, 2.05) is 36.4 Å². The van der Waals surface area contributed by atoms with Crippen molar-refractivity contribution in [2.75, 3.05) is 0 Å². The van der Waals surface area contributed by atoms with Gasteiger partial charge in [0.15, 0.2) is 0 Å². The Morgan fingerprint density at radius 2 is 1.77 bits per heavy atom. The largest absolute Gasteiger partial charge is 0.455 e. The maximum absolute atomic E-state index is 6.34. The summed E-state index contributed by atoms with van der Waals surface area (Å²) in [6.07, 6.45) is 3.55. The van der Waals surface area contributed by atoms with Gasteiger partial charge in [0, 0.05) is 12.4 Å². The molecule has 0 fully saturated rings. The quantitative estimate of drug-likeness (QED) is 0.597. The number of nitrogens with zero attached hydrogens (tertiary/aromatic N) is 1. The van der Waals surface area contributed by atoms with Crippen LogP contribution in [0.4, 0.5) is 0 Å². The molecule has 1 atom stereocenters. The summed E-state index contributed by atoms with van der Waals surface area (Å²) in [6, 6.07) is 17.9. The summed E-state index contributed by atoms with van der Waals surface area (Å²) in [5.74, 6) is 1.76. The lowest BCUT2D eigenvalue weighted by molar-refractivity contribution is 0.453. The lowest BCUT2D eigenvalue weighted by atomic mass is 10.0. The average molecular weight is 306 g/mol. The van der Waals surface area contributed by atoms with E-state index in [4.69, 9.17) is 10.5 Å². The Balaban J connectivity index is 1.69. The number of hydrogen-bond donors (Lipinski definition) is 1. The van der Waals surface area contributed by atoms with Gasteiger partial charge in [-0.05, 0) is 41.5 Å². The summed E-state index contributed by atoms with van der Waals surface area (Å²) in [6.45, 7) is 0. The van der Waals surface area contributed by atoms with E-state index in [9.17, 15) is 0 Å². The van der Waals surface area contributed by atoms with Gasteiger partial charge in [-0.15, -0.1) is 0 Å². The van der Waals surface area contributed by atoms with Gasteiger partial charge in [-0.3, -0.25) is 4.98 Å². The highest BCUT2D eigenvalue weighted by Gasteiger charge is 2.19. The molecule has 0 saturated carbocycles. The highest BCUT2D eigenvalue weighted by Crippen LogP contribution is 2.47. The highest BCUT2D eigenvalue weighted by molar-refractivity contribution is 7.99. The highest BCUT2D eigenvalue weighted by atomic mass is 32.2. The van der Waals surface area contributed by atoms with E-state index < -0.39 is 0 Å². The van der Waals surface area contributed by atoms with Gasteiger partial charge in [0.1, 0.15) is 11.5 Å². The Kier molecular flexibility index (Phi) is 3.33. The van der Waals surface area contributed by atoms with Crippen molar-refractivity contribution < 1.29 is 4.74 Å². The lowest BCUT2D eigenvalue weighted by Gasteiger charge is -2.21. The number of ether oxygens (including phenoxy) is 1. The van der Waals surface area contributed by atoms with E-state index in [0.717, 1.165) is 32.4 Å². The molecule has 2 aromatic carbocycles. The van der Waals surface area contributed by atoms with Crippen molar-refractivity contribution in [3.05, 3.63) is 78.1 Å². The molecule has 3 aromatic rings. The second-order valence-corrected chi connectivity index (χ2v) is 6.20. The number of fused-ring (bicyclic) bond motifs is 2. The van der Waals surface area contributed by atoms with Crippen molar-refractivity contribution in [3.8, 4) is 11.5 Å². The third kappa shape index (κ3) is 2.36. The van der Waals surface area contributed by atoms with E-state index in [1.165, 1.54) is 0 Å². The van der Waals surface area contributed by atoms with E-state index in [-0.39, 0.29) is 6.04 Å². The molecule has 4 rings (SSSR count). The second-order valence-electron chi connectivity index (χ2n) is 5.12. The Labute approximate surface area is 133 Å². The number of rotatable bonds is 2. The van der Waals surface area contributed by atoms with Crippen molar-refractivity contribution in [2.45, 2.75) is 15.8 Å². The Morgan fingerprint density at radius 1 is 0.909 bits per heavy atom. The summed E-state index contributed by atoms with van der Waals surface area (Å²) in [4.78, 5) is 6.38. The molecular formula is C18H14N2OS. The molecule has 0 saturated heterocycles. The predicted molar refractivity (Wildman–Crippen MR) is 87.3 cm³/mol. The average Bonchev–Trinajstić information content (AvgIpc) is 2.59. The van der Waals surface area contributed by atoms with Gasteiger partial charge >= 0.3 is 0 Å². The zero-order chi connectivity index (χ0) is 14.9. The number of benzene rings is 2. The number of aromatic nitrogens is 1. The van der Waals surface area contributed by atoms with Crippen LogP contribution in [0.5, 0.6) is 11.5 Å². The van der Waals surface area contributed by atoms with Crippen molar-refractivity contribution in [2.24, 2.45) is 5.73 Å². The first kappa shape index (κ1) is 13.4. The van der Waals surface area contributed by atoms with Gasteiger partial charge in [-0.1, -0.05) is 36.0 Å². The summed E-state index contributed by atoms with van der Waals surface area (Å²) in [5.41, 5.74) is 8.35. The molecule has 1 aliphatic heterocycles.